The molecule has 0 aliphatic carbocycles. The number of carbonyl (C=O) groups is 1. The van der Waals surface area contributed by atoms with E-state index in [1.165, 1.54) is 11.1 Å². The van der Waals surface area contributed by atoms with Gasteiger partial charge in [-0.25, -0.2) is 4.79 Å². The fourth-order valence-corrected chi connectivity index (χ4v) is 3.34. The molecule has 0 bridgehead atoms. The number of aryl methyl sites for hydroxylation is 2. The number of hydrogen-bond acceptors (Lipinski definition) is 3. The summed E-state index contributed by atoms with van der Waals surface area (Å²) < 4.78 is 1.95. The van der Waals surface area contributed by atoms with Crippen LogP contribution >= 0.6 is 0 Å². The van der Waals surface area contributed by atoms with Crippen molar-refractivity contribution in [1.82, 2.24) is 25.0 Å². The zero-order valence-corrected chi connectivity index (χ0v) is 14.4. The number of rotatable bonds is 4. The van der Waals surface area contributed by atoms with E-state index in [2.05, 4.69) is 34.6 Å². The van der Waals surface area contributed by atoms with Gasteiger partial charge in [-0.3, -0.25) is 0 Å². The molecule has 2 amide bonds. The molecule has 6 nitrogen and oxygen atoms in total. The Morgan fingerprint density at radius 3 is 2.96 bits per heavy atom. The minimum absolute atomic E-state index is 0.0236. The molecule has 0 spiro atoms. The van der Waals surface area contributed by atoms with Gasteiger partial charge in [0.1, 0.15) is 12.2 Å². The Bertz CT molecular complexity index is 696. The lowest BCUT2D eigenvalue weighted by molar-refractivity contribution is 0.178. The van der Waals surface area contributed by atoms with Gasteiger partial charge in [-0.1, -0.05) is 24.3 Å². The summed E-state index contributed by atoms with van der Waals surface area (Å²) in [6.07, 6.45) is 4.64. The van der Waals surface area contributed by atoms with Crippen LogP contribution in [0.25, 0.3) is 0 Å². The average molecular weight is 327 g/mol. The van der Waals surface area contributed by atoms with Crippen molar-refractivity contribution >= 4 is 6.03 Å². The maximum atomic E-state index is 12.4. The Hall–Kier alpha value is -2.37. The molecule has 2 aromatic rings. The van der Waals surface area contributed by atoms with Crippen molar-refractivity contribution in [1.29, 1.82) is 0 Å². The SMILES string of the molecule is Cc1ccccc1CCNC(=O)N1CCC[C@H](c2nncn2C)C1. The van der Waals surface area contributed by atoms with Crippen molar-refractivity contribution < 1.29 is 4.79 Å². The van der Waals surface area contributed by atoms with Gasteiger partial charge in [0.2, 0.25) is 0 Å². The van der Waals surface area contributed by atoms with Gasteiger partial charge >= 0.3 is 6.03 Å². The van der Waals surface area contributed by atoms with Gasteiger partial charge in [0.25, 0.3) is 0 Å². The maximum absolute atomic E-state index is 12.4. The fourth-order valence-electron chi connectivity index (χ4n) is 3.34. The van der Waals surface area contributed by atoms with Gasteiger partial charge in [-0.2, -0.15) is 0 Å². The monoisotopic (exact) mass is 327 g/mol. The van der Waals surface area contributed by atoms with E-state index in [1.54, 1.807) is 6.33 Å². The van der Waals surface area contributed by atoms with Crippen LogP contribution in [0.15, 0.2) is 30.6 Å². The second kappa shape index (κ2) is 7.47. The van der Waals surface area contributed by atoms with Crippen molar-refractivity contribution in [2.75, 3.05) is 19.6 Å². The predicted octanol–water partition coefficient (Wildman–Crippen LogP) is 2.26. The van der Waals surface area contributed by atoms with E-state index in [0.717, 1.165) is 31.6 Å². The molecule has 1 aliphatic heterocycles. The van der Waals surface area contributed by atoms with Gasteiger partial charge in [-0.15, -0.1) is 10.2 Å². The molecule has 1 aromatic heterocycles. The standard InChI is InChI=1S/C18H25N5O/c1-14-6-3-4-7-15(14)9-10-19-18(24)23-11-5-8-16(12-23)17-21-20-13-22(17)2/h3-4,6-7,13,16H,5,8-12H2,1-2H3,(H,19,24)/t16-/m0/s1. The van der Waals surface area contributed by atoms with Gasteiger partial charge < -0.3 is 14.8 Å². The van der Waals surface area contributed by atoms with Crippen LogP contribution in [0, 0.1) is 6.92 Å². The Morgan fingerprint density at radius 2 is 2.21 bits per heavy atom. The minimum atomic E-state index is 0.0236. The van der Waals surface area contributed by atoms with Crippen molar-refractivity contribution in [3.05, 3.63) is 47.5 Å². The van der Waals surface area contributed by atoms with E-state index < -0.39 is 0 Å². The van der Waals surface area contributed by atoms with Crippen molar-refractivity contribution in [3.8, 4) is 0 Å². The summed E-state index contributed by atoms with van der Waals surface area (Å²) in [6.45, 7) is 4.29. The van der Waals surface area contributed by atoms with E-state index in [4.69, 9.17) is 0 Å². The molecule has 0 unspecified atom stereocenters. The molecule has 0 radical (unpaired) electrons. The zero-order valence-electron chi connectivity index (χ0n) is 14.4. The summed E-state index contributed by atoms with van der Waals surface area (Å²) in [7, 11) is 1.95. The molecular formula is C18H25N5O. The first-order valence-electron chi connectivity index (χ1n) is 8.56. The third-order valence-electron chi connectivity index (χ3n) is 4.75. The third-order valence-corrected chi connectivity index (χ3v) is 4.75. The number of nitrogens with zero attached hydrogens (tertiary/aromatic N) is 4. The molecule has 3 rings (SSSR count). The second-order valence-corrected chi connectivity index (χ2v) is 6.49. The minimum Gasteiger partial charge on any atom is -0.338 e. The Balaban J connectivity index is 1.51. The Kier molecular flexibility index (Phi) is 5.13. The molecule has 6 heteroatoms. The molecule has 1 aromatic carbocycles. The summed E-state index contributed by atoms with van der Waals surface area (Å²) in [5.41, 5.74) is 2.56. The first-order chi connectivity index (χ1) is 11.6. The highest BCUT2D eigenvalue weighted by Gasteiger charge is 2.27. The third kappa shape index (κ3) is 3.75. The van der Waals surface area contributed by atoms with Crippen LogP contribution in [0.3, 0.4) is 0 Å². The highest BCUT2D eigenvalue weighted by atomic mass is 16.2. The number of benzene rings is 1. The number of piperidine rings is 1. The van der Waals surface area contributed by atoms with E-state index in [1.807, 2.05) is 28.6 Å². The van der Waals surface area contributed by atoms with Crippen molar-refractivity contribution in [3.63, 3.8) is 0 Å². The lowest BCUT2D eigenvalue weighted by atomic mass is 9.97. The highest BCUT2D eigenvalue weighted by molar-refractivity contribution is 5.74. The predicted molar refractivity (Wildman–Crippen MR) is 92.8 cm³/mol. The molecule has 1 atom stereocenters. The molecule has 1 aliphatic rings. The second-order valence-electron chi connectivity index (χ2n) is 6.49. The molecule has 0 saturated carbocycles. The van der Waals surface area contributed by atoms with E-state index in [-0.39, 0.29) is 11.9 Å². The zero-order chi connectivity index (χ0) is 16.9. The topological polar surface area (TPSA) is 63.1 Å². The van der Waals surface area contributed by atoms with Gasteiger partial charge in [0.05, 0.1) is 0 Å². The van der Waals surface area contributed by atoms with Crippen LogP contribution in [-0.4, -0.2) is 45.3 Å². The number of hydrogen-bond donors (Lipinski definition) is 1. The molecule has 24 heavy (non-hydrogen) atoms. The lowest BCUT2D eigenvalue weighted by Gasteiger charge is -2.32. The first kappa shape index (κ1) is 16.5. The van der Waals surface area contributed by atoms with Crippen molar-refractivity contribution in [2.24, 2.45) is 7.05 Å². The lowest BCUT2D eigenvalue weighted by Crippen LogP contribution is -2.45. The summed E-state index contributed by atoms with van der Waals surface area (Å²) in [5, 5.41) is 11.2. The van der Waals surface area contributed by atoms with Crippen LogP contribution < -0.4 is 5.32 Å². The van der Waals surface area contributed by atoms with Crippen LogP contribution in [0.5, 0.6) is 0 Å². The molecular weight excluding hydrogens is 302 g/mol. The van der Waals surface area contributed by atoms with E-state index >= 15 is 0 Å². The van der Waals surface area contributed by atoms with Gasteiger partial charge in [0, 0.05) is 32.6 Å². The van der Waals surface area contributed by atoms with Crippen LogP contribution in [0.4, 0.5) is 4.79 Å². The average Bonchev–Trinajstić information content (AvgIpc) is 3.03. The number of nitrogens with one attached hydrogen (secondary N) is 1. The van der Waals surface area contributed by atoms with Crippen LogP contribution in [-0.2, 0) is 13.5 Å². The summed E-state index contributed by atoms with van der Waals surface area (Å²) in [5.74, 6) is 1.24. The number of aromatic nitrogens is 3. The Labute approximate surface area is 142 Å². The van der Waals surface area contributed by atoms with E-state index in [9.17, 15) is 4.79 Å². The molecule has 128 valence electrons. The molecule has 1 saturated heterocycles. The number of urea groups is 1. The smallest absolute Gasteiger partial charge is 0.317 e. The molecule has 1 fully saturated rings. The van der Waals surface area contributed by atoms with Gasteiger partial charge in [0.15, 0.2) is 0 Å². The highest BCUT2D eigenvalue weighted by Crippen LogP contribution is 2.24. The largest absolute Gasteiger partial charge is 0.338 e. The summed E-state index contributed by atoms with van der Waals surface area (Å²) in [6, 6.07) is 8.33. The Morgan fingerprint density at radius 1 is 1.38 bits per heavy atom. The quantitative estimate of drug-likeness (QED) is 0.937. The number of likely N-dealkylation sites (tertiary alicyclic amines) is 1. The maximum Gasteiger partial charge on any atom is 0.317 e. The summed E-state index contributed by atoms with van der Waals surface area (Å²) >= 11 is 0. The fraction of sp³-hybridized carbons (Fsp3) is 0.500. The molecule has 1 N–H and O–H groups in total. The van der Waals surface area contributed by atoms with Crippen LogP contribution in [0.2, 0.25) is 0 Å². The normalized spacial score (nSPS) is 17.8. The first-order valence-corrected chi connectivity index (χ1v) is 8.56. The van der Waals surface area contributed by atoms with Crippen LogP contribution in [0.1, 0.15) is 35.7 Å². The summed E-state index contributed by atoms with van der Waals surface area (Å²) in [4.78, 5) is 14.3. The van der Waals surface area contributed by atoms with E-state index in [0.29, 0.717) is 13.1 Å². The number of carbonyl (C=O) groups excluding carboxylic acids is 1. The molecule has 2 heterocycles. The van der Waals surface area contributed by atoms with Crippen molar-refractivity contribution in [2.45, 2.75) is 32.1 Å². The number of amides is 2. The van der Waals surface area contributed by atoms with Gasteiger partial charge in [-0.05, 0) is 37.3 Å².